The molecule has 4 rings (SSSR count). The van der Waals surface area contributed by atoms with E-state index in [-0.39, 0.29) is 18.0 Å². The first-order valence-corrected chi connectivity index (χ1v) is 9.46. The van der Waals surface area contributed by atoms with Crippen molar-refractivity contribution in [2.24, 2.45) is 7.05 Å². The largest absolute Gasteiger partial charge is 0.485 e. The predicted octanol–water partition coefficient (Wildman–Crippen LogP) is 1.36. The lowest BCUT2D eigenvalue weighted by Gasteiger charge is -2.25. The highest BCUT2D eigenvalue weighted by molar-refractivity contribution is 8.00. The van der Waals surface area contributed by atoms with Crippen molar-refractivity contribution in [1.82, 2.24) is 25.0 Å². The second-order valence-electron chi connectivity index (χ2n) is 6.25. The van der Waals surface area contributed by atoms with E-state index in [4.69, 9.17) is 9.47 Å². The Morgan fingerprint density at radius 3 is 2.85 bits per heavy atom. The molecule has 2 aliphatic heterocycles. The van der Waals surface area contributed by atoms with Gasteiger partial charge in [0.15, 0.2) is 28.6 Å². The molecule has 0 aliphatic carbocycles. The smallest absolute Gasteiger partial charge is 0.324 e. The van der Waals surface area contributed by atoms with Gasteiger partial charge in [0.1, 0.15) is 6.61 Å². The highest BCUT2D eigenvalue weighted by Gasteiger charge is 2.32. The van der Waals surface area contributed by atoms with Gasteiger partial charge in [0, 0.05) is 20.1 Å². The average Bonchev–Trinajstić information content (AvgIpc) is 3.26. The Balaban J connectivity index is 1.46. The summed E-state index contributed by atoms with van der Waals surface area (Å²) in [5, 5.41) is 11.1. The van der Waals surface area contributed by atoms with E-state index in [0.717, 1.165) is 0 Å². The fraction of sp³-hybridized carbons (Fsp3) is 0.412. The lowest BCUT2D eigenvalue weighted by Crippen LogP contribution is -2.39. The van der Waals surface area contributed by atoms with Gasteiger partial charge in [-0.1, -0.05) is 23.9 Å². The molecule has 1 fully saturated rings. The number of nitrogens with one attached hydrogen (secondary N) is 1. The van der Waals surface area contributed by atoms with Crippen LogP contribution in [0.3, 0.4) is 0 Å². The molecule has 3 amide bonds. The molecule has 0 bridgehead atoms. The van der Waals surface area contributed by atoms with E-state index in [1.807, 2.05) is 31.3 Å². The van der Waals surface area contributed by atoms with Crippen LogP contribution in [0.4, 0.5) is 4.79 Å². The van der Waals surface area contributed by atoms with Gasteiger partial charge in [-0.15, -0.1) is 10.2 Å². The number of thioether (sulfide) groups is 1. The van der Waals surface area contributed by atoms with Crippen LogP contribution in [0.25, 0.3) is 0 Å². The van der Waals surface area contributed by atoms with Gasteiger partial charge in [0.2, 0.25) is 5.91 Å². The first-order valence-electron chi connectivity index (χ1n) is 8.58. The Morgan fingerprint density at radius 1 is 1.33 bits per heavy atom. The van der Waals surface area contributed by atoms with Crippen molar-refractivity contribution in [3.63, 3.8) is 0 Å². The van der Waals surface area contributed by atoms with Crippen LogP contribution in [0.15, 0.2) is 29.4 Å². The Morgan fingerprint density at radius 2 is 2.11 bits per heavy atom. The number of carbonyl (C=O) groups excluding carboxylic acids is 2. The minimum absolute atomic E-state index is 0.245. The zero-order valence-electron chi connectivity index (χ0n) is 14.9. The Labute approximate surface area is 160 Å². The van der Waals surface area contributed by atoms with E-state index in [0.29, 0.717) is 42.2 Å². The normalized spacial score (nSPS) is 19.7. The molecular formula is C17H19N5O4S. The third kappa shape index (κ3) is 3.32. The van der Waals surface area contributed by atoms with Crippen molar-refractivity contribution in [1.29, 1.82) is 0 Å². The fourth-order valence-corrected chi connectivity index (χ4v) is 3.85. The van der Waals surface area contributed by atoms with Gasteiger partial charge < -0.3 is 19.4 Å². The van der Waals surface area contributed by atoms with Crippen molar-refractivity contribution in [2.45, 2.75) is 23.4 Å². The summed E-state index contributed by atoms with van der Waals surface area (Å²) in [6.45, 7) is 2.95. The van der Waals surface area contributed by atoms with E-state index in [9.17, 15) is 9.59 Å². The van der Waals surface area contributed by atoms with E-state index in [1.54, 1.807) is 11.5 Å². The molecule has 1 saturated heterocycles. The van der Waals surface area contributed by atoms with Crippen LogP contribution < -0.4 is 14.8 Å². The molecule has 2 aromatic rings. The summed E-state index contributed by atoms with van der Waals surface area (Å²) >= 11 is 1.26. The van der Waals surface area contributed by atoms with Gasteiger partial charge in [-0.3, -0.25) is 9.69 Å². The standard InChI is InChI=1S/C17H19N5O4S/c1-10(15(23)22-8-7-18-16(22)24)27-17-20-19-14(21(17)2)13-9-25-11-5-3-4-6-12(11)26-13/h3-6,10,13H,7-9H2,1-2H3,(H,18,24)/t10-,13+/m1/s1. The third-order valence-corrected chi connectivity index (χ3v) is 5.54. The summed E-state index contributed by atoms with van der Waals surface area (Å²) in [5.74, 6) is 1.74. The van der Waals surface area contributed by atoms with Crippen molar-refractivity contribution in [3.8, 4) is 11.5 Å². The van der Waals surface area contributed by atoms with Crippen LogP contribution in [0.5, 0.6) is 11.5 Å². The van der Waals surface area contributed by atoms with Crippen LogP contribution in [0, 0.1) is 0 Å². The van der Waals surface area contributed by atoms with Gasteiger partial charge >= 0.3 is 6.03 Å². The van der Waals surface area contributed by atoms with Gasteiger partial charge in [-0.2, -0.15) is 0 Å². The first-order chi connectivity index (χ1) is 13.0. The van der Waals surface area contributed by atoms with Crippen LogP contribution in [0.2, 0.25) is 0 Å². The lowest BCUT2D eigenvalue weighted by molar-refractivity contribution is -0.126. The Kier molecular flexibility index (Phi) is 4.65. The second kappa shape index (κ2) is 7.10. The molecule has 1 aromatic heterocycles. The fourth-order valence-electron chi connectivity index (χ4n) is 2.97. The molecule has 1 N–H and O–H groups in total. The number of hydrogen-bond acceptors (Lipinski definition) is 7. The number of hydrogen-bond donors (Lipinski definition) is 1. The van der Waals surface area contributed by atoms with Crippen molar-refractivity contribution in [2.75, 3.05) is 19.7 Å². The zero-order chi connectivity index (χ0) is 19.0. The number of urea groups is 1. The third-order valence-electron chi connectivity index (χ3n) is 4.42. The van der Waals surface area contributed by atoms with Crippen LogP contribution in [-0.4, -0.2) is 56.5 Å². The van der Waals surface area contributed by atoms with Gasteiger partial charge in [0.05, 0.1) is 5.25 Å². The minimum atomic E-state index is -0.464. The summed E-state index contributed by atoms with van der Waals surface area (Å²) in [6.07, 6.45) is -0.387. The number of para-hydroxylation sites is 2. The van der Waals surface area contributed by atoms with Crippen LogP contribution in [-0.2, 0) is 11.8 Å². The van der Waals surface area contributed by atoms with Crippen molar-refractivity contribution >= 4 is 23.7 Å². The first kappa shape index (κ1) is 17.7. The number of nitrogens with zero attached hydrogens (tertiary/aromatic N) is 4. The summed E-state index contributed by atoms with van der Waals surface area (Å²) in [7, 11) is 1.82. The molecule has 10 heteroatoms. The second-order valence-corrected chi connectivity index (χ2v) is 7.55. The van der Waals surface area contributed by atoms with Gasteiger partial charge in [-0.05, 0) is 19.1 Å². The van der Waals surface area contributed by atoms with Crippen molar-refractivity contribution < 1.29 is 19.1 Å². The number of imide groups is 1. The topological polar surface area (TPSA) is 98.6 Å². The van der Waals surface area contributed by atoms with E-state index < -0.39 is 5.25 Å². The molecule has 2 aliphatic rings. The highest BCUT2D eigenvalue weighted by Crippen LogP contribution is 2.36. The maximum Gasteiger partial charge on any atom is 0.324 e. The van der Waals surface area contributed by atoms with Gasteiger partial charge in [0.25, 0.3) is 0 Å². The molecule has 3 heterocycles. The maximum absolute atomic E-state index is 12.5. The zero-order valence-corrected chi connectivity index (χ0v) is 15.7. The average molecular weight is 389 g/mol. The molecule has 2 atom stereocenters. The summed E-state index contributed by atoms with van der Waals surface area (Å²) in [5.41, 5.74) is 0. The predicted molar refractivity (Wildman–Crippen MR) is 96.7 cm³/mol. The van der Waals surface area contributed by atoms with E-state index >= 15 is 0 Å². The molecule has 0 spiro atoms. The highest BCUT2D eigenvalue weighted by atomic mass is 32.2. The summed E-state index contributed by atoms with van der Waals surface area (Å²) < 4.78 is 13.5. The number of aromatic nitrogens is 3. The Bertz CT molecular complexity index is 886. The number of benzene rings is 1. The summed E-state index contributed by atoms with van der Waals surface area (Å²) in [6, 6.07) is 7.11. The van der Waals surface area contributed by atoms with E-state index in [1.165, 1.54) is 16.7 Å². The molecule has 0 unspecified atom stereocenters. The lowest BCUT2D eigenvalue weighted by atomic mass is 10.2. The van der Waals surface area contributed by atoms with Crippen molar-refractivity contribution in [3.05, 3.63) is 30.1 Å². The number of amides is 3. The monoisotopic (exact) mass is 389 g/mol. The summed E-state index contributed by atoms with van der Waals surface area (Å²) in [4.78, 5) is 25.4. The Hall–Kier alpha value is -2.75. The van der Waals surface area contributed by atoms with Crippen LogP contribution >= 0.6 is 11.8 Å². The molecule has 9 nitrogen and oxygen atoms in total. The number of ether oxygens (including phenoxy) is 2. The minimum Gasteiger partial charge on any atom is -0.485 e. The molecule has 0 saturated carbocycles. The quantitative estimate of drug-likeness (QED) is 0.789. The number of fused-ring (bicyclic) bond motifs is 1. The molecular weight excluding hydrogens is 370 g/mol. The van der Waals surface area contributed by atoms with E-state index in [2.05, 4.69) is 15.5 Å². The van der Waals surface area contributed by atoms with Gasteiger partial charge in [-0.25, -0.2) is 4.79 Å². The van der Waals surface area contributed by atoms with Crippen LogP contribution in [0.1, 0.15) is 18.9 Å². The molecule has 0 radical (unpaired) electrons. The molecule has 27 heavy (non-hydrogen) atoms. The number of carbonyl (C=O) groups is 2. The molecule has 1 aromatic carbocycles. The maximum atomic E-state index is 12.5. The SMILES string of the molecule is C[C@@H](Sc1nnc([C@@H]2COc3ccccc3O2)n1C)C(=O)N1CCNC1=O. The molecule has 142 valence electrons. The number of rotatable bonds is 4.